The summed E-state index contributed by atoms with van der Waals surface area (Å²) in [6.45, 7) is 6.56. The van der Waals surface area contributed by atoms with Crippen molar-refractivity contribution in [3.8, 4) is 5.75 Å². The third kappa shape index (κ3) is 2.17. The summed E-state index contributed by atoms with van der Waals surface area (Å²) < 4.78 is 12.5. The number of benzene rings is 3. The van der Waals surface area contributed by atoms with Crippen LogP contribution in [0, 0.1) is 6.92 Å². The molecular formula is C27H23NO3. The van der Waals surface area contributed by atoms with Crippen molar-refractivity contribution in [2.45, 2.75) is 31.9 Å². The number of aryl methyl sites for hydroxylation is 1. The van der Waals surface area contributed by atoms with Crippen LogP contribution in [0.4, 0.5) is 5.69 Å². The molecule has 4 heteroatoms. The van der Waals surface area contributed by atoms with E-state index in [1.807, 2.05) is 30.3 Å². The topological polar surface area (TPSA) is 42.7 Å². The lowest BCUT2D eigenvalue weighted by Gasteiger charge is -2.45. The van der Waals surface area contributed by atoms with Crippen molar-refractivity contribution < 1.29 is 9.15 Å². The molecule has 0 fully saturated rings. The van der Waals surface area contributed by atoms with E-state index < -0.39 is 5.72 Å². The number of fused-ring (bicyclic) bond motifs is 6. The second-order valence-electron chi connectivity index (χ2n) is 9.13. The first-order valence-corrected chi connectivity index (χ1v) is 10.6. The van der Waals surface area contributed by atoms with Gasteiger partial charge in [-0.2, -0.15) is 0 Å². The largest absolute Gasteiger partial charge is 0.463 e. The van der Waals surface area contributed by atoms with Crippen LogP contribution in [0.3, 0.4) is 0 Å². The monoisotopic (exact) mass is 409 g/mol. The molecule has 2 aliphatic rings. The van der Waals surface area contributed by atoms with Gasteiger partial charge in [-0.1, -0.05) is 35.9 Å². The second kappa shape index (κ2) is 5.79. The minimum Gasteiger partial charge on any atom is -0.463 e. The Labute approximate surface area is 180 Å². The van der Waals surface area contributed by atoms with E-state index in [9.17, 15) is 4.79 Å². The second-order valence-corrected chi connectivity index (χ2v) is 9.13. The van der Waals surface area contributed by atoms with Gasteiger partial charge in [0.2, 0.25) is 5.72 Å². The fourth-order valence-electron chi connectivity index (χ4n) is 5.34. The highest BCUT2D eigenvalue weighted by atomic mass is 16.5. The molecule has 3 heterocycles. The molecule has 0 saturated carbocycles. The first-order chi connectivity index (χ1) is 14.8. The predicted molar refractivity (Wildman–Crippen MR) is 125 cm³/mol. The van der Waals surface area contributed by atoms with Crippen molar-refractivity contribution in [1.82, 2.24) is 0 Å². The number of nitrogens with zero attached hydrogens (tertiary/aromatic N) is 1. The van der Waals surface area contributed by atoms with Gasteiger partial charge in [-0.05, 0) is 68.1 Å². The number of rotatable bonds is 0. The van der Waals surface area contributed by atoms with Crippen LogP contribution in [0.1, 0.15) is 30.5 Å². The molecule has 0 amide bonds. The molecule has 0 N–H and O–H groups in total. The van der Waals surface area contributed by atoms with Crippen LogP contribution in [0.25, 0.3) is 27.8 Å². The van der Waals surface area contributed by atoms with E-state index in [-0.39, 0.29) is 11.0 Å². The van der Waals surface area contributed by atoms with Crippen LogP contribution >= 0.6 is 0 Å². The number of anilines is 1. The van der Waals surface area contributed by atoms with Gasteiger partial charge >= 0.3 is 5.63 Å². The van der Waals surface area contributed by atoms with Gasteiger partial charge in [-0.25, -0.2) is 4.79 Å². The fourth-order valence-corrected chi connectivity index (χ4v) is 5.34. The molecular weight excluding hydrogens is 386 g/mol. The summed E-state index contributed by atoms with van der Waals surface area (Å²) in [5.74, 6) is 0.720. The molecule has 3 aromatic carbocycles. The van der Waals surface area contributed by atoms with Gasteiger partial charge < -0.3 is 14.1 Å². The quantitative estimate of drug-likeness (QED) is 0.273. The SMILES string of the molecule is Cc1ccc2c(c1)C(C)(C)C1(C=Cc3c(ccc4c3oc(=O)c3ccccc34)O1)N2C. The summed E-state index contributed by atoms with van der Waals surface area (Å²) in [5.41, 5.74) is 3.77. The maximum Gasteiger partial charge on any atom is 0.344 e. The van der Waals surface area contributed by atoms with E-state index in [1.54, 1.807) is 6.07 Å². The molecule has 1 atom stereocenters. The molecule has 0 saturated heterocycles. The van der Waals surface area contributed by atoms with Crippen LogP contribution < -0.4 is 15.3 Å². The van der Waals surface area contributed by atoms with Crippen LogP contribution in [-0.4, -0.2) is 12.8 Å². The Morgan fingerprint density at radius 3 is 2.52 bits per heavy atom. The highest BCUT2D eigenvalue weighted by Gasteiger charge is 2.57. The Hall–Kier alpha value is -3.53. The van der Waals surface area contributed by atoms with Gasteiger partial charge in [-0.15, -0.1) is 0 Å². The minimum absolute atomic E-state index is 0.281. The molecule has 4 aromatic rings. The van der Waals surface area contributed by atoms with Crippen molar-refractivity contribution >= 4 is 33.5 Å². The van der Waals surface area contributed by atoms with Crippen molar-refractivity contribution in [3.05, 3.63) is 87.8 Å². The Kier molecular flexibility index (Phi) is 3.41. The summed E-state index contributed by atoms with van der Waals surface area (Å²) >= 11 is 0. The molecule has 2 aliphatic heterocycles. The average molecular weight is 409 g/mol. The van der Waals surface area contributed by atoms with Crippen molar-refractivity contribution in [1.29, 1.82) is 0 Å². The van der Waals surface area contributed by atoms with Crippen LogP contribution in [-0.2, 0) is 5.41 Å². The van der Waals surface area contributed by atoms with E-state index in [0.29, 0.717) is 11.0 Å². The Bertz CT molecular complexity index is 1490. The highest BCUT2D eigenvalue weighted by Crippen LogP contribution is 2.54. The Balaban J connectivity index is 1.58. The number of likely N-dealkylation sites (N-methyl/N-ethyl adjacent to an activating group) is 1. The van der Waals surface area contributed by atoms with Crippen LogP contribution in [0.15, 0.2) is 69.9 Å². The minimum atomic E-state index is -0.666. The van der Waals surface area contributed by atoms with E-state index >= 15 is 0 Å². The average Bonchev–Trinajstić information content (AvgIpc) is 2.92. The molecule has 4 nitrogen and oxygen atoms in total. The molecule has 31 heavy (non-hydrogen) atoms. The molecule has 0 radical (unpaired) electrons. The first kappa shape index (κ1) is 18.3. The van der Waals surface area contributed by atoms with Crippen molar-refractivity contribution in [3.63, 3.8) is 0 Å². The zero-order chi connectivity index (χ0) is 21.5. The van der Waals surface area contributed by atoms with Gasteiger partial charge in [0.05, 0.1) is 16.4 Å². The normalized spacial score (nSPS) is 20.8. The molecule has 0 bridgehead atoms. The van der Waals surface area contributed by atoms with E-state index in [4.69, 9.17) is 9.15 Å². The maximum atomic E-state index is 12.6. The van der Waals surface area contributed by atoms with E-state index in [1.165, 1.54) is 16.8 Å². The number of ether oxygens (including phenoxy) is 1. The van der Waals surface area contributed by atoms with Crippen LogP contribution in [0.5, 0.6) is 5.75 Å². The van der Waals surface area contributed by atoms with Gasteiger partial charge in [-0.3, -0.25) is 0 Å². The molecule has 154 valence electrons. The van der Waals surface area contributed by atoms with Crippen LogP contribution in [0.2, 0.25) is 0 Å². The fraction of sp³-hybridized carbons (Fsp3) is 0.222. The zero-order valence-corrected chi connectivity index (χ0v) is 18.0. The van der Waals surface area contributed by atoms with Gasteiger partial charge in [0.1, 0.15) is 11.3 Å². The lowest BCUT2D eigenvalue weighted by molar-refractivity contribution is 0.0582. The summed E-state index contributed by atoms with van der Waals surface area (Å²) in [7, 11) is 2.08. The molecule has 0 aliphatic carbocycles. The summed E-state index contributed by atoms with van der Waals surface area (Å²) in [5, 5.41) is 2.40. The van der Waals surface area contributed by atoms with Crippen molar-refractivity contribution in [2.24, 2.45) is 0 Å². The van der Waals surface area contributed by atoms with E-state index in [0.717, 1.165) is 22.1 Å². The third-order valence-electron chi connectivity index (χ3n) is 7.11. The lowest BCUT2D eigenvalue weighted by atomic mass is 9.76. The summed E-state index contributed by atoms with van der Waals surface area (Å²) in [4.78, 5) is 14.8. The highest BCUT2D eigenvalue weighted by molar-refractivity contribution is 6.07. The maximum absolute atomic E-state index is 12.6. The van der Waals surface area contributed by atoms with Gasteiger partial charge in [0.15, 0.2) is 0 Å². The van der Waals surface area contributed by atoms with Crippen molar-refractivity contribution in [2.75, 3.05) is 11.9 Å². The molecule has 1 unspecified atom stereocenters. The zero-order valence-electron chi connectivity index (χ0n) is 18.0. The smallest absolute Gasteiger partial charge is 0.344 e. The van der Waals surface area contributed by atoms with Gasteiger partial charge in [0.25, 0.3) is 0 Å². The lowest BCUT2D eigenvalue weighted by Crippen LogP contribution is -2.58. The summed E-state index contributed by atoms with van der Waals surface area (Å²) in [6, 6.07) is 18.1. The number of hydrogen-bond donors (Lipinski definition) is 0. The summed E-state index contributed by atoms with van der Waals surface area (Å²) in [6.07, 6.45) is 4.16. The third-order valence-corrected chi connectivity index (χ3v) is 7.11. The molecule has 6 rings (SSSR count). The van der Waals surface area contributed by atoms with E-state index in [2.05, 4.69) is 63.1 Å². The Morgan fingerprint density at radius 1 is 0.935 bits per heavy atom. The standard InChI is InChI=1S/C27H23NO3/c1-16-9-11-22-21(15-16)26(2,3)27(28(22)4)14-13-20-23(31-27)12-10-18-17-7-5-6-8-19(17)25(29)30-24(18)20/h5-15H,1-4H3. The predicted octanol–water partition coefficient (Wildman–Crippen LogP) is 5.78. The number of hydrogen-bond acceptors (Lipinski definition) is 4. The molecule has 1 spiro atoms. The Morgan fingerprint density at radius 2 is 1.71 bits per heavy atom. The first-order valence-electron chi connectivity index (χ1n) is 10.6. The van der Waals surface area contributed by atoms with Gasteiger partial charge in [0, 0.05) is 18.1 Å². The molecule has 1 aromatic heterocycles.